The van der Waals surface area contributed by atoms with Gasteiger partial charge in [-0.3, -0.25) is 9.69 Å². The number of thiophene rings is 1. The third-order valence-electron chi connectivity index (χ3n) is 10.1. The fraction of sp³-hybridized carbons (Fsp3) is 0.606. The number of hydrogen-bond acceptors (Lipinski definition) is 8. The molecule has 268 valence electrons. The summed E-state index contributed by atoms with van der Waals surface area (Å²) < 4.78 is 47.8. The molecule has 5 heterocycles. The number of anilines is 2. The molecule has 11 nitrogen and oxygen atoms in total. The van der Waals surface area contributed by atoms with Crippen LogP contribution < -0.4 is 16.0 Å². The Labute approximate surface area is 293 Å². The molecule has 4 aliphatic rings. The fourth-order valence-electron chi connectivity index (χ4n) is 7.41. The Bertz CT molecular complexity index is 1510. The van der Waals surface area contributed by atoms with Crippen LogP contribution in [0, 0.1) is 0 Å². The molecule has 0 unspecified atom stereocenters. The molecule has 0 spiro atoms. The van der Waals surface area contributed by atoms with Crippen molar-refractivity contribution < 1.29 is 32.3 Å². The summed E-state index contributed by atoms with van der Waals surface area (Å²) in [4.78, 5) is 47.9. The van der Waals surface area contributed by atoms with E-state index in [-0.39, 0.29) is 34.8 Å². The van der Waals surface area contributed by atoms with E-state index in [1.54, 1.807) is 16.2 Å². The lowest BCUT2D eigenvalue weighted by atomic mass is 9.99. The highest BCUT2D eigenvalue weighted by Crippen LogP contribution is 2.40. The molecule has 49 heavy (non-hydrogen) atoms. The highest BCUT2D eigenvalue weighted by atomic mass is 35.5. The minimum Gasteiger partial charge on any atom is -0.436 e. The van der Waals surface area contributed by atoms with Gasteiger partial charge in [-0.05, 0) is 60.7 Å². The van der Waals surface area contributed by atoms with Gasteiger partial charge >= 0.3 is 18.3 Å². The number of urea groups is 1. The number of carbonyl (C=O) groups is 3. The van der Waals surface area contributed by atoms with Crippen LogP contribution in [0.2, 0.25) is 5.02 Å². The van der Waals surface area contributed by atoms with Gasteiger partial charge in [0.15, 0.2) is 6.10 Å². The zero-order valence-corrected chi connectivity index (χ0v) is 29.1. The van der Waals surface area contributed by atoms with Crippen LogP contribution in [0.1, 0.15) is 42.4 Å². The van der Waals surface area contributed by atoms with Crippen molar-refractivity contribution in [1.82, 2.24) is 24.9 Å². The summed E-state index contributed by atoms with van der Waals surface area (Å²) in [5.41, 5.74) is 0.865. The van der Waals surface area contributed by atoms with Crippen LogP contribution in [0.4, 0.5) is 34.1 Å². The van der Waals surface area contributed by atoms with Gasteiger partial charge in [-0.15, -0.1) is 11.3 Å². The molecule has 1 aromatic carbocycles. The molecule has 1 aromatic heterocycles. The molecule has 1 atom stereocenters. The predicted molar refractivity (Wildman–Crippen MR) is 182 cm³/mol. The first kappa shape index (κ1) is 35.6. The Balaban J connectivity index is 1.13. The van der Waals surface area contributed by atoms with Gasteiger partial charge in [-0.25, -0.2) is 9.59 Å². The largest absolute Gasteiger partial charge is 0.436 e. The van der Waals surface area contributed by atoms with Gasteiger partial charge in [0.05, 0.1) is 22.0 Å². The molecule has 16 heteroatoms. The van der Waals surface area contributed by atoms with Crippen molar-refractivity contribution in [3.8, 4) is 0 Å². The summed E-state index contributed by atoms with van der Waals surface area (Å²) in [5.74, 6) is -0.432. The maximum absolute atomic E-state index is 14.0. The number of rotatable bonds is 7. The van der Waals surface area contributed by atoms with Crippen LogP contribution >= 0.6 is 22.9 Å². The second-order valence-corrected chi connectivity index (χ2v) is 14.2. The van der Waals surface area contributed by atoms with Crippen molar-refractivity contribution in [3.05, 3.63) is 44.6 Å². The zero-order chi connectivity index (χ0) is 34.7. The molecule has 0 radical (unpaired) electrons. The lowest BCUT2D eigenvalue weighted by molar-refractivity contribution is -0.142. The first-order valence-electron chi connectivity index (χ1n) is 16.9. The average molecular weight is 726 g/mol. The fourth-order valence-corrected chi connectivity index (χ4v) is 8.57. The number of likely N-dealkylation sites (tertiary alicyclic amines) is 2. The first-order chi connectivity index (χ1) is 23.5. The topological polar surface area (TPSA) is 109 Å². The van der Waals surface area contributed by atoms with Crippen molar-refractivity contribution in [3.63, 3.8) is 0 Å². The molecule has 3 fully saturated rings. The van der Waals surface area contributed by atoms with E-state index in [4.69, 9.17) is 16.3 Å². The number of halogens is 4. The maximum Gasteiger partial charge on any atom is 0.418 e. The van der Waals surface area contributed by atoms with Gasteiger partial charge in [0.2, 0.25) is 0 Å². The Morgan fingerprint density at radius 2 is 1.67 bits per heavy atom. The number of piperidine rings is 2. The van der Waals surface area contributed by atoms with Gasteiger partial charge in [0, 0.05) is 89.8 Å². The number of nitrogens with zero attached hydrogens (tertiary/aromatic N) is 4. The molecule has 0 saturated carbocycles. The summed E-state index contributed by atoms with van der Waals surface area (Å²) in [5, 5.41) is 12.7. The monoisotopic (exact) mass is 725 g/mol. The second kappa shape index (κ2) is 15.3. The van der Waals surface area contributed by atoms with E-state index in [0.717, 1.165) is 62.8 Å². The number of hydrogen-bond donors (Lipinski definition) is 3. The smallest absolute Gasteiger partial charge is 0.418 e. The van der Waals surface area contributed by atoms with Crippen LogP contribution in [0.15, 0.2) is 22.9 Å². The van der Waals surface area contributed by atoms with Crippen molar-refractivity contribution in [1.29, 1.82) is 0 Å². The van der Waals surface area contributed by atoms with E-state index >= 15 is 0 Å². The number of fused-ring (bicyclic) bond motifs is 1. The van der Waals surface area contributed by atoms with Crippen molar-refractivity contribution in [2.24, 2.45) is 0 Å². The highest BCUT2D eigenvalue weighted by molar-refractivity contribution is 7.08. The molecule has 3 saturated heterocycles. The molecule has 0 bridgehead atoms. The molecular weight excluding hydrogens is 683 g/mol. The summed E-state index contributed by atoms with van der Waals surface area (Å²) in [6.07, 6.45) is -3.67. The van der Waals surface area contributed by atoms with Crippen LogP contribution in [0.5, 0.6) is 0 Å². The van der Waals surface area contributed by atoms with Crippen molar-refractivity contribution in [2.75, 3.05) is 76.6 Å². The summed E-state index contributed by atoms with van der Waals surface area (Å²) in [7, 11) is 1.36. The Morgan fingerprint density at radius 3 is 2.35 bits per heavy atom. The molecule has 6 rings (SSSR count). The SMILES string of the molecule is CNc1c(Cl)cc(C[C@@H](OC(=O)N2CCC(N3CCc4cscc4NC3=O)CC2)C(=O)N2CCC(N3CCNCC3)CC2)cc1C(F)(F)F. The molecule has 3 N–H and O–H groups in total. The van der Waals surface area contributed by atoms with E-state index in [0.29, 0.717) is 51.6 Å². The van der Waals surface area contributed by atoms with Crippen LogP contribution in [0.25, 0.3) is 0 Å². The third kappa shape index (κ3) is 8.21. The van der Waals surface area contributed by atoms with Crippen molar-refractivity contribution >= 4 is 52.3 Å². The summed E-state index contributed by atoms with van der Waals surface area (Å²) in [6, 6.07) is 2.45. The zero-order valence-electron chi connectivity index (χ0n) is 27.5. The van der Waals surface area contributed by atoms with Gasteiger partial charge in [-0.1, -0.05) is 11.6 Å². The lowest BCUT2D eigenvalue weighted by Gasteiger charge is -2.41. The highest BCUT2D eigenvalue weighted by Gasteiger charge is 2.38. The third-order valence-corrected chi connectivity index (χ3v) is 11.2. The molecule has 2 aromatic rings. The van der Waals surface area contributed by atoms with Crippen molar-refractivity contribution in [2.45, 2.75) is 62.9 Å². The molecule has 4 amide bonds. The van der Waals surface area contributed by atoms with Crippen LogP contribution in [0.3, 0.4) is 0 Å². The van der Waals surface area contributed by atoms with Gasteiger partial charge in [-0.2, -0.15) is 13.2 Å². The van der Waals surface area contributed by atoms with E-state index < -0.39 is 29.8 Å². The van der Waals surface area contributed by atoms with Gasteiger partial charge < -0.3 is 35.4 Å². The Hall–Kier alpha value is -3.27. The second-order valence-electron chi connectivity index (χ2n) is 13.1. The molecule has 0 aliphatic carbocycles. The predicted octanol–water partition coefficient (Wildman–Crippen LogP) is 4.96. The lowest BCUT2D eigenvalue weighted by Crippen LogP contribution is -2.54. The first-order valence-corrected chi connectivity index (χ1v) is 18.2. The van der Waals surface area contributed by atoms with E-state index in [1.165, 1.54) is 18.0 Å². The number of amides is 4. The molecular formula is C33H43ClF3N7O4S. The number of benzene rings is 1. The quantitative estimate of drug-likeness (QED) is 0.371. The number of piperazine rings is 1. The average Bonchev–Trinajstić information content (AvgIpc) is 3.47. The minimum atomic E-state index is -4.69. The number of ether oxygens (including phenoxy) is 1. The Morgan fingerprint density at radius 1 is 1.00 bits per heavy atom. The van der Waals surface area contributed by atoms with Gasteiger partial charge in [0.25, 0.3) is 5.91 Å². The van der Waals surface area contributed by atoms with Crippen LogP contribution in [-0.2, 0) is 28.5 Å². The van der Waals surface area contributed by atoms with E-state index in [2.05, 4.69) is 20.9 Å². The van der Waals surface area contributed by atoms with Gasteiger partial charge in [0.1, 0.15) is 0 Å². The number of carbonyl (C=O) groups excluding carboxylic acids is 3. The minimum absolute atomic E-state index is 0.0697. The summed E-state index contributed by atoms with van der Waals surface area (Å²) in [6.45, 7) is 5.85. The standard InChI is InChI=1S/C33H43ClF3N7O4S/c1-38-29-25(33(35,36)37)16-21(17-26(29)34)18-28(30(45)42-9-3-23(4-10-42)41-14-7-39-8-15-41)48-32(47)43-11-5-24(6-12-43)44-13-2-22-19-49-20-27(22)40-31(44)46/h16-17,19-20,23-24,28,38-39H,2-15,18H2,1H3,(H,40,46)/t28-/m1/s1. The maximum atomic E-state index is 14.0. The number of alkyl halides is 3. The molecule has 4 aliphatic heterocycles. The normalized spacial score (nSPS) is 20.8. The summed E-state index contributed by atoms with van der Waals surface area (Å²) >= 11 is 7.82. The Kier molecular flexibility index (Phi) is 11.1. The van der Waals surface area contributed by atoms with E-state index in [1.807, 2.05) is 15.7 Å². The van der Waals surface area contributed by atoms with Crippen LogP contribution in [-0.4, -0.2) is 122 Å². The number of nitrogens with one attached hydrogen (secondary N) is 3. The van der Waals surface area contributed by atoms with E-state index in [9.17, 15) is 27.6 Å².